The molecule has 0 fully saturated rings. The third kappa shape index (κ3) is 4.57. The van der Waals surface area contributed by atoms with Crippen LogP contribution in [0.4, 0.5) is 8.78 Å². The Bertz CT molecular complexity index is 1370. The second-order valence-electron chi connectivity index (χ2n) is 8.36. The van der Waals surface area contributed by atoms with Crippen LogP contribution in [-0.4, -0.2) is 22.1 Å². The lowest BCUT2D eigenvalue weighted by atomic mass is 10.0. The van der Waals surface area contributed by atoms with Crippen molar-refractivity contribution in [1.29, 1.82) is 0 Å². The van der Waals surface area contributed by atoms with Crippen molar-refractivity contribution in [3.8, 4) is 28.3 Å². The molecule has 0 amide bonds. The first-order valence-corrected chi connectivity index (χ1v) is 11.4. The van der Waals surface area contributed by atoms with Gasteiger partial charge in [-0.05, 0) is 67.3 Å². The molecule has 0 aliphatic rings. The van der Waals surface area contributed by atoms with Gasteiger partial charge in [0.1, 0.15) is 23.2 Å². The lowest BCUT2D eigenvalue weighted by molar-refractivity contribution is 0.415. The maximum Gasteiger partial charge on any atom is 0.123 e. The van der Waals surface area contributed by atoms with Crippen LogP contribution < -0.4 is 4.74 Å². The van der Waals surface area contributed by atoms with Crippen LogP contribution in [0.25, 0.3) is 33.4 Å². The largest absolute Gasteiger partial charge is 0.497 e. The van der Waals surface area contributed by atoms with Gasteiger partial charge >= 0.3 is 0 Å². The molecule has 4 nitrogen and oxygen atoms in total. The number of hydrogen-bond acceptors (Lipinski definition) is 2. The van der Waals surface area contributed by atoms with E-state index in [4.69, 9.17) is 9.72 Å². The molecule has 34 heavy (non-hydrogen) atoms. The van der Waals surface area contributed by atoms with E-state index in [1.807, 2.05) is 24.3 Å². The van der Waals surface area contributed by atoms with Crippen molar-refractivity contribution < 1.29 is 13.5 Å². The Morgan fingerprint density at radius 1 is 0.853 bits per heavy atom. The van der Waals surface area contributed by atoms with E-state index in [1.165, 1.54) is 35.2 Å². The number of fused-ring (bicyclic) bond motifs is 1. The molecule has 3 aromatic carbocycles. The van der Waals surface area contributed by atoms with Gasteiger partial charge in [-0.15, -0.1) is 0 Å². The molecule has 0 aliphatic carbocycles. The Morgan fingerprint density at radius 2 is 1.59 bits per heavy atom. The number of aromatic amines is 2. The molecule has 0 unspecified atom stereocenters. The third-order valence-electron chi connectivity index (χ3n) is 6.05. The highest BCUT2D eigenvalue weighted by Crippen LogP contribution is 2.31. The predicted molar refractivity (Wildman–Crippen MR) is 131 cm³/mol. The number of hydrogen-bond donors (Lipinski definition) is 2. The zero-order valence-electron chi connectivity index (χ0n) is 18.9. The average Bonchev–Trinajstić information content (AvgIpc) is 3.46. The highest BCUT2D eigenvalue weighted by Gasteiger charge is 2.15. The van der Waals surface area contributed by atoms with E-state index in [0.29, 0.717) is 22.5 Å². The normalized spacial score (nSPS) is 11.3. The summed E-state index contributed by atoms with van der Waals surface area (Å²) in [5, 5.41) is 1.18. The fourth-order valence-electron chi connectivity index (χ4n) is 4.34. The maximum atomic E-state index is 13.9. The van der Waals surface area contributed by atoms with E-state index >= 15 is 0 Å². The first-order valence-electron chi connectivity index (χ1n) is 11.4. The van der Waals surface area contributed by atoms with Gasteiger partial charge in [0.05, 0.1) is 18.5 Å². The molecular weight excluding hydrogens is 432 g/mol. The van der Waals surface area contributed by atoms with E-state index in [2.05, 4.69) is 22.2 Å². The molecule has 6 heteroatoms. The summed E-state index contributed by atoms with van der Waals surface area (Å²) in [6, 6.07) is 18.7. The number of unbranched alkanes of at least 4 members (excludes halogenated alkanes) is 1. The molecule has 5 aromatic rings. The molecule has 172 valence electrons. The van der Waals surface area contributed by atoms with E-state index in [1.54, 1.807) is 19.2 Å². The predicted octanol–water partition coefficient (Wildman–Crippen LogP) is 7.08. The quantitative estimate of drug-likeness (QED) is 0.245. The van der Waals surface area contributed by atoms with Gasteiger partial charge in [0.15, 0.2) is 0 Å². The molecule has 2 N–H and O–H groups in total. The minimum Gasteiger partial charge on any atom is -0.497 e. The molecule has 2 aromatic heterocycles. The Hall–Kier alpha value is -3.93. The zero-order chi connectivity index (χ0) is 23.5. The first-order chi connectivity index (χ1) is 16.6. The Labute approximate surface area is 196 Å². The lowest BCUT2D eigenvalue weighted by Gasteiger charge is -2.03. The van der Waals surface area contributed by atoms with Crippen LogP contribution in [0.5, 0.6) is 5.75 Å². The number of nitrogens with one attached hydrogen (secondary N) is 2. The first kappa shape index (κ1) is 21.9. The van der Waals surface area contributed by atoms with Gasteiger partial charge in [-0.2, -0.15) is 0 Å². The maximum absolute atomic E-state index is 13.9. The van der Waals surface area contributed by atoms with E-state index in [-0.39, 0.29) is 11.6 Å². The molecule has 0 saturated heterocycles. The molecule has 0 bridgehead atoms. The summed E-state index contributed by atoms with van der Waals surface area (Å²) in [6.45, 7) is 0. The Balaban J connectivity index is 1.34. The van der Waals surface area contributed by atoms with Crippen LogP contribution in [0.1, 0.15) is 24.2 Å². The van der Waals surface area contributed by atoms with Crippen molar-refractivity contribution in [2.24, 2.45) is 0 Å². The second-order valence-corrected chi connectivity index (χ2v) is 8.36. The highest BCUT2D eigenvalue weighted by molar-refractivity contribution is 5.84. The van der Waals surface area contributed by atoms with Crippen molar-refractivity contribution in [3.05, 3.63) is 95.9 Å². The van der Waals surface area contributed by atoms with Crippen LogP contribution in [0, 0.1) is 11.6 Å². The molecule has 0 spiro atoms. The lowest BCUT2D eigenvalue weighted by Crippen LogP contribution is -1.91. The number of halogens is 2. The van der Waals surface area contributed by atoms with Crippen LogP contribution in [0.3, 0.4) is 0 Å². The Morgan fingerprint density at radius 3 is 2.35 bits per heavy atom. The summed E-state index contributed by atoms with van der Waals surface area (Å²) in [5.41, 5.74) is 5.03. The van der Waals surface area contributed by atoms with Gasteiger partial charge in [-0.25, -0.2) is 13.8 Å². The van der Waals surface area contributed by atoms with Gasteiger partial charge in [-0.3, -0.25) is 0 Å². The smallest absolute Gasteiger partial charge is 0.123 e. The van der Waals surface area contributed by atoms with Crippen LogP contribution >= 0.6 is 0 Å². The van der Waals surface area contributed by atoms with Crippen molar-refractivity contribution >= 4 is 10.9 Å². The number of H-pyrrole nitrogens is 2. The summed E-state index contributed by atoms with van der Waals surface area (Å²) in [7, 11) is 1.67. The molecule has 0 aliphatic heterocycles. The van der Waals surface area contributed by atoms with Gasteiger partial charge in [0.25, 0.3) is 0 Å². The van der Waals surface area contributed by atoms with E-state index < -0.39 is 0 Å². The second kappa shape index (κ2) is 9.51. The van der Waals surface area contributed by atoms with Crippen molar-refractivity contribution in [2.45, 2.75) is 25.7 Å². The molecule has 0 saturated carbocycles. The standard InChI is InChI=1S/C28H25F2N3O/c1-34-23-12-13-25-24(16-23)20(17-31-25)6-2-3-11-26-32-27(18-7-4-9-21(29)14-18)28(33-26)19-8-5-10-22(30)15-19/h4-5,7-10,12-17,31H,2-3,6,11H2,1H3,(H,32,33). The summed E-state index contributed by atoms with van der Waals surface area (Å²) < 4.78 is 33.1. The molecule has 0 atom stereocenters. The summed E-state index contributed by atoms with van der Waals surface area (Å²) in [4.78, 5) is 11.4. The van der Waals surface area contributed by atoms with Crippen LogP contribution in [-0.2, 0) is 12.8 Å². The molecular formula is C28H25F2N3O. The zero-order valence-corrected chi connectivity index (χ0v) is 18.9. The summed E-state index contributed by atoms with van der Waals surface area (Å²) in [6.07, 6.45) is 5.64. The summed E-state index contributed by atoms with van der Waals surface area (Å²) in [5.74, 6) is 0.995. The molecule has 2 heterocycles. The van der Waals surface area contributed by atoms with Gasteiger partial charge < -0.3 is 14.7 Å². The monoisotopic (exact) mass is 457 g/mol. The topological polar surface area (TPSA) is 53.7 Å². The number of benzene rings is 3. The van der Waals surface area contributed by atoms with Gasteiger partial charge in [0.2, 0.25) is 0 Å². The minimum absolute atomic E-state index is 0.325. The Kier molecular flexibility index (Phi) is 6.12. The number of methoxy groups -OCH3 is 1. The number of aryl methyl sites for hydroxylation is 2. The number of ether oxygens (including phenoxy) is 1. The van der Waals surface area contributed by atoms with Crippen molar-refractivity contribution in [2.75, 3.05) is 7.11 Å². The molecule has 5 rings (SSSR count). The van der Waals surface area contributed by atoms with Crippen molar-refractivity contribution in [3.63, 3.8) is 0 Å². The van der Waals surface area contributed by atoms with E-state index in [0.717, 1.165) is 42.8 Å². The number of aromatic nitrogens is 3. The minimum atomic E-state index is -0.331. The number of nitrogens with zero attached hydrogens (tertiary/aromatic N) is 1. The van der Waals surface area contributed by atoms with Crippen LogP contribution in [0.15, 0.2) is 72.9 Å². The van der Waals surface area contributed by atoms with E-state index in [9.17, 15) is 8.78 Å². The SMILES string of the molecule is COc1ccc2[nH]cc(CCCCc3nc(-c4cccc(F)c4)c(-c4cccc(F)c4)[nH]3)c2c1. The average molecular weight is 458 g/mol. The van der Waals surface area contributed by atoms with Crippen molar-refractivity contribution in [1.82, 2.24) is 15.0 Å². The highest BCUT2D eigenvalue weighted by atomic mass is 19.1. The number of rotatable bonds is 8. The fourth-order valence-corrected chi connectivity index (χ4v) is 4.34. The third-order valence-corrected chi connectivity index (χ3v) is 6.05. The van der Waals surface area contributed by atoms with Gasteiger partial charge in [-0.1, -0.05) is 24.3 Å². The van der Waals surface area contributed by atoms with Gasteiger partial charge in [0, 0.05) is 34.6 Å². The molecule has 0 radical (unpaired) electrons. The van der Waals surface area contributed by atoms with Crippen LogP contribution in [0.2, 0.25) is 0 Å². The fraction of sp³-hybridized carbons (Fsp3) is 0.179. The number of imidazole rings is 1. The summed E-state index contributed by atoms with van der Waals surface area (Å²) >= 11 is 0.